The van der Waals surface area contributed by atoms with E-state index in [4.69, 9.17) is 61.7 Å². The van der Waals surface area contributed by atoms with Crippen LogP contribution in [0.5, 0.6) is 17.2 Å². The Morgan fingerprint density at radius 1 is 0.876 bits per heavy atom. The Labute approximate surface area is 543 Å². The zero-order valence-corrected chi connectivity index (χ0v) is 56.1. The Morgan fingerprint density at radius 3 is 2.24 bits per heavy atom. The van der Waals surface area contributed by atoms with E-state index in [2.05, 4.69) is 34.5 Å². The zero-order valence-electron chi connectivity index (χ0n) is 51.5. The van der Waals surface area contributed by atoms with E-state index < -0.39 is 150 Å². The van der Waals surface area contributed by atoms with E-state index >= 15 is 0 Å². The Hall–Kier alpha value is -3.62. The van der Waals surface area contributed by atoms with Gasteiger partial charge in [0.2, 0.25) is 17.2 Å². The Kier molecular flexibility index (Phi) is 26.6. The summed E-state index contributed by atoms with van der Waals surface area (Å²) in [6, 6.07) is -1.32. The van der Waals surface area contributed by atoms with Crippen molar-refractivity contribution in [3.8, 4) is 40.9 Å². The van der Waals surface area contributed by atoms with Crippen molar-refractivity contribution in [3.63, 3.8) is 0 Å². The van der Waals surface area contributed by atoms with E-state index in [0.717, 1.165) is 11.8 Å². The molecule has 4 saturated heterocycles. The largest absolute Gasteiger partial charge is 0.492 e. The minimum absolute atomic E-state index is 0.00825. The van der Waals surface area contributed by atoms with Crippen molar-refractivity contribution in [3.05, 3.63) is 49.6 Å². The number of esters is 1. The number of carboxylic acid groups (broad SMARTS) is 1. The average Bonchev–Trinajstić information content (AvgIpc) is 0.821. The van der Waals surface area contributed by atoms with Gasteiger partial charge in [-0.1, -0.05) is 70.0 Å². The van der Waals surface area contributed by atoms with Gasteiger partial charge < -0.3 is 92.8 Å². The van der Waals surface area contributed by atoms with Crippen LogP contribution in [0.3, 0.4) is 0 Å². The number of ketones is 1. The molecular weight excluding hydrogens is 1340 g/mol. The van der Waals surface area contributed by atoms with Crippen LogP contribution in [0.4, 0.5) is 0 Å². The van der Waals surface area contributed by atoms with Crippen molar-refractivity contribution < 1.29 is 111 Å². The molecule has 89 heavy (non-hydrogen) atoms. The summed E-state index contributed by atoms with van der Waals surface area (Å²) in [6.45, 7) is 12.9. The van der Waals surface area contributed by atoms with Gasteiger partial charge in [-0.2, -0.15) is 5.48 Å². The molecule has 0 radical (unpaired) electrons. The Bertz CT molecular complexity index is 2920. The third kappa shape index (κ3) is 17.4. The molecule has 2 aliphatic carbocycles. The summed E-state index contributed by atoms with van der Waals surface area (Å²) in [4.78, 5) is 59.7. The van der Waals surface area contributed by atoms with Crippen LogP contribution in [-0.4, -0.2) is 228 Å². The lowest BCUT2D eigenvalue weighted by Crippen LogP contribution is -2.65. The second kappa shape index (κ2) is 32.5. The van der Waals surface area contributed by atoms with E-state index in [1.807, 2.05) is 29.5 Å². The summed E-state index contributed by atoms with van der Waals surface area (Å²) in [5, 5.41) is 70.0. The molecule has 1 aromatic carbocycles. The minimum Gasteiger partial charge on any atom is -0.492 e. The molecule has 0 amide bonds. The van der Waals surface area contributed by atoms with Crippen LogP contribution in [0, 0.1) is 34.2 Å². The van der Waals surface area contributed by atoms with Crippen LogP contribution in [0.1, 0.15) is 89.6 Å². The zero-order chi connectivity index (χ0) is 65.2. The number of rotatable bonds is 25. The Balaban J connectivity index is 1.13. The summed E-state index contributed by atoms with van der Waals surface area (Å²) in [5.74, 6) is 9.42. The average molecular weight is 1420 g/mol. The maximum Gasteiger partial charge on any atom is 0.310 e. The predicted molar refractivity (Wildman–Crippen MR) is 334 cm³/mol. The van der Waals surface area contributed by atoms with E-state index in [9.17, 15) is 49.8 Å². The second-order valence-electron chi connectivity index (χ2n) is 22.5. The molecule has 25 nitrogen and oxygen atoms in total. The standard InChI is InChI=1S/C60H81IN2O23S3/c1-13-62-34-27-79-41(24-38(34)74-8)84-53-48(70)46(29(3)81-58(53)83-37-18-16-14-15-17-20-60(73)25-36(65)32(22-40(68)75-9)44(37)33(60)19-21-87-89-59(6,7)26-39(66)67)63-86-42-23-35(64)55(31(5)80-42)88-56(72)43-28(2)45(61)51(54(78-12)50(43)76-10)85-57-49(71)52(77-11)47(69)30(4)82-57/h14-15,19,29-31,34-35,37-38,41-42,46-49,52-53,55,57-58,62-64,69-71,73H,13,21-27H2,1-12H3,(H,66,67)/b15-14-,33-19+/t29-,30+,31-,34+,35+,37+,38+,41+,42+,46-,47+,48+,49-,52-,53-,55-,57+,58+,60+/m1/s1. The van der Waals surface area contributed by atoms with Gasteiger partial charge in [0.25, 0.3) is 0 Å². The number of methoxy groups -OCH3 is 5. The second-order valence-corrected chi connectivity index (χ2v) is 27.8. The Morgan fingerprint density at radius 2 is 1.58 bits per heavy atom. The molecule has 1 aromatic rings. The van der Waals surface area contributed by atoms with Gasteiger partial charge in [-0.3, -0.25) is 24.0 Å². The van der Waals surface area contributed by atoms with Crippen LogP contribution >= 0.6 is 55.9 Å². The number of fused-ring (bicyclic) bond motifs is 2. The lowest BCUT2D eigenvalue weighted by atomic mass is 9.72. The molecule has 8 N–H and O–H groups in total. The molecule has 0 aromatic heterocycles. The van der Waals surface area contributed by atoms with Crippen LogP contribution in [0.15, 0.2) is 34.9 Å². The van der Waals surface area contributed by atoms with Gasteiger partial charge >= 0.3 is 11.9 Å². The van der Waals surface area contributed by atoms with Crippen molar-refractivity contribution in [2.24, 2.45) is 0 Å². The van der Waals surface area contributed by atoms with Crippen molar-refractivity contribution in [1.82, 2.24) is 10.8 Å². The number of likely N-dealkylation sites (N-methyl/N-ethyl adjacent to an activating group) is 1. The topological polar surface area (TPSA) is 334 Å². The molecule has 4 fully saturated rings. The number of aliphatic hydroxyl groups excluding tert-OH is 4. The highest BCUT2D eigenvalue weighted by molar-refractivity contribution is 14.1. The third-order valence-electron chi connectivity index (χ3n) is 15.8. The van der Waals surface area contributed by atoms with Crippen molar-refractivity contribution >= 4 is 78.8 Å². The lowest BCUT2D eigenvalue weighted by molar-refractivity contribution is -0.336. The number of Topliss-reactive ketones (excluding diaryl/α,β-unsaturated/α-hetero) is 1. The van der Waals surface area contributed by atoms with Crippen LogP contribution < -0.4 is 25.0 Å². The number of aliphatic carboxylic acids is 1. The van der Waals surface area contributed by atoms with E-state index in [-0.39, 0.29) is 77.2 Å². The first-order valence-electron chi connectivity index (χ1n) is 28.9. The molecule has 494 valence electrons. The van der Waals surface area contributed by atoms with Gasteiger partial charge in [0.1, 0.15) is 36.6 Å². The summed E-state index contributed by atoms with van der Waals surface area (Å²) < 4.78 is 72.1. The fourth-order valence-electron chi connectivity index (χ4n) is 11.2. The molecule has 4 aliphatic heterocycles. The molecule has 2 bridgehead atoms. The van der Waals surface area contributed by atoms with Gasteiger partial charge in [0, 0.05) is 54.3 Å². The maximum absolute atomic E-state index is 14.5. The molecule has 0 saturated carbocycles. The van der Waals surface area contributed by atoms with Crippen molar-refractivity contribution in [2.45, 2.75) is 201 Å². The van der Waals surface area contributed by atoms with Crippen molar-refractivity contribution in [1.29, 1.82) is 0 Å². The fraction of sp³-hybridized carbons (Fsp3) is 0.667. The highest BCUT2D eigenvalue weighted by Crippen LogP contribution is 2.49. The van der Waals surface area contributed by atoms with E-state index in [1.165, 1.54) is 62.2 Å². The number of hydrogen-bond donors (Lipinski definition) is 8. The summed E-state index contributed by atoms with van der Waals surface area (Å²) >= 11 is 2.81. The number of hydroxylamine groups is 1. The number of halogens is 1. The van der Waals surface area contributed by atoms with E-state index in [1.54, 1.807) is 54.7 Å². The number of allylic oxidation sites excluding steroid dienone is 2. The summed E-state index contributed by atoms with van der Waals surface area (Å²) in [6.07, 6.45) is -14.0. The number of thioether (sulfide) groups is 1. The predicted octanol–water partition coefficient (Wildman–Crippen LogP) is 3.42. The molecule has 4 heterocycles. The van der Waals surface area contributed by atoms with Gasteiger partial charge in [0.15, 0.2) is 41.8 Å². The van der Waals surface area contributed by atoms with Gasteiger partial charge in [0.05, 0.1) is 104 Å². The highest BCUT2D eigenvalue weighted by Gasteiger charge is 2.52. The smallest absolute Gasteiger partial charge is 0.310 e. The van der Waals surface area contributed by atoms with Crippen LogP contribution in [-0.2, 0) is 61.9 Å². The number of carbonyl (C=O) groups is 4. The van der Waals surface area contributed by atoms with Gasteiger partial charge in [-0.05, 0) is 88.4 Å². The summed E-state index contributed by atoms with van der Waals surface area (Å²) in [5.41, 5.74) is 1.35. The normalized spacial score (nSPS) is 34.8. The SMILES string of the molecule is CCN[C@H]1CO[C@@H](O[C@H]2[C@H](O[C@H]3C#C/C=C\C#C[C@]4(O)CC(=O)C(CC(=O)OC)=C3/C4=C\CSSC(C)(C)CC(=O)O)O[C@H](C)[C@@H](NO[C@H]3C[C@H](O)[C@H](SC(=O)c4c(C)c(I)c(O[C@@H]5O[C@@H](C)[C@H](O)[C@@H](OC)[C@H]5O)c(OC)c4OC)[C@@H](C)O3)[C@@H]2O)C[C@@H]1OC. The van der Waals surface area contributed by atoms with E-state index in [0.29, 0.717) is 15.7 Å². The molecule has 19 atom stereocenters. The quantitative estimate of drug-likeness (QED) is 0.0174. The number of ether oxygens (including phenoxy) is 12. The lowest BCUT2D eigenvalue weighted by Gasteiger charge is -2.46. The van der Waals surface area contributed by atoms with Crippen LogP contribution in [0.2, 0.25) is 0 Å². The number of carbonyl (C=O) groups excluding carboxylic acids is 3. The number of benzene rings is 1. The first-order valence-corrected chi connectivity index (χ1v) is 33.1. The summed E-state index contributed by atoms with van der Waals surface area (Å²) in [7, 11) is 9.40. The first-order chi connectivity index (χ1) is 42.2. The highest BCUT2D eigenvalue weighted by atomic mass is 127. The van der Waals surface area contributed by atoms with Crippen LogP contribution in [0.25, 0.3) is 0 Å². The third-order valence-corrected chi connectivity index (χ3v) is 21.6. The first kappa shape index (κ1) is 72.8. The fourth-order valence-corrected chi connectivity index (χ4v) is 15.3. The molecule has 0 unspecified atom stereocenters. The maximum atomic E-state index is 14.5. The molecule has 0 spiro atoms. The number of nitrogens with one attached hydrogen (secondary N) is 2. The molecular formula is C60H81IN2O23S3. The minimum atomic E-state index is -2.13. The molecule has 29 heteroatoms. The number of hydrogen-bond acceptors (Lipinski definition) is 27. The van der Waals surface area contributed by atoms with Gasteiger partial charge in [-0.25, -0.2) is 0 Å². The van der Waals surface area contributed by atoms with Crippen molar-refractivity contribution in [2.75, 3.05) is 54.5 Å². The number of aliphatic hydroxyl groups is 5. The molecule has 7 rings (SSSR count). The molecule has 6 aliphatic rings. The monoisotopic (exact) mass is 1420 g/mol. The van der Waals surface area contributed by atoms with Gasteiger partial charge in [-0.15, -0.1) is 0 Å². The number of carboxylic acids is 1.